The number of carbonyl (C=O) groups is 4. The average molecular weight is 832 g/mol. The number of aromatic nitrogens is 2. The number of fused-ring (bicyclic) bond motifs is 1. The Kier molecular flexibility index (Phi) is 14.6. The van der Waals surface area contributed by atoms with E-state index in [2.05, 4.69) is 15.9 Å². The van der Waals surface area contributed by atoms with E-state index in [0.717, 1.165) is 30.3 Å². The van der Waals surface area contributed by atoms with Gasteiger partial charge < -0.3 is 23.7 Å². The first kappa shape index (κ1) is 41.4. The fourth-order valence-corrected chi connectivity index (χ4v) is 6.72. The van der Waals surface area contributed by atoms with Gasteiger partial charge in [-0.15, -0.1) is 0 Å². The molecular weight excluding hydrogens is 796 g/mol. The van der Waals surface area contributed by atoms with E-state index in [9.17, 15) is 39.4 Å². The van der Waals surface area contributed by atoms with E-state index < -0.39 is 64.4 Å². The van der Waals surface area contributed by atoms with Crippen LogP contribution in [0.5, 0.6) is 0 Å². The molecule has 1 aliphatic heterocycles. The Morgan fingerprint density at radius 3 is 1.80 bits per heavy atom. The summed E-state index contributed by atoms with van der Waals surface area (Å²) >= 11 is 4.53. The van der Waals surface area contributed by atoms with Crippen LogP contribution < -0.4 is 0 Å². The van der Waals surface area contributed by atoms with E-state index >= 15 is 0 Å². The molecule has 0 spiro atoms. The molecule has 19 heteroatoms. The number of hydrogen-bond donors (Lipinski definition) is 0. The normalized spacial score (nSPS) is 19.1. The van der Waals surface area contributed by atoms with Crippen LogP contribution in [-0.4, -0.2) is 74.3 Å². The summed E-state index contributed by atoms with van der Waals surface area (Å²) < 4.78 is 30.0. The molecular formula is C35H35BrN4O13S. The largest absolute Gasteiger partial charge is 0.463 e. The van der Waals surface area contributed by atoms with Crippen LogP contribution in [0, 0.1) is 20.2 Å². The quantitative estimate of drug-likeness (QED) is 0.0400. The van der Waals surface area contributed by atoms with E-state index in [1.807, 2.05) is 0 Å². The molecule has 1 fully saturated rings. The molecule has 2 unspecified atom stereocenters. The zero-order chi connectivity index (χ0) is 39.5. The lowest BCUT2D eigenvalue weighted by molar-refractivity contribution is -0.385. The topological polar surface area (TPSA) is 219 Å². The molecule has 0 bridgehead atoms. The van der Waals surface area contributed by atoms with Gasteiger partial charge in [-0.05, 0) is 23.3 Å². The highest BCUT2D eigenvalue weighted by Gasteiger charge is 2.53. The van der Waals surface area contributed by atoms with Crippen molar-refractivity contribution in [3.8, 4) is 0 Å². The first-order chi connectivity index (χ1) is 25.7. The number of para-hydroxylation sites is 2. The number of nitro groups is 2. The third-order valence-electron chi connectivity index (χ3n) is 7.60. The summed E-state index contributed by atoms with van der Waals surface area (Å²) in [6.45, 7) is 4.30. The number of thioether (sulfide) groups is 1. The number of imidazole rings is 1. The maximum Gasteiger partial charge on any atom is 0.303 e. The summed E-state index contributed by atoms with van der Waals surface area (Å²) in [5.74, 6) is -2.46. The Morgan fingerprint density at radius 1 is 0.759 bits per heavy atom. The number of nitrogens with zero attached hydrogens (tertiary/aromatic N) is 4. The number of halogens is 1. The highest BCUT2D eigenvalue weighted by Crippen LogP contribution is 2.39. The molecule has 54 heavy (non-hydrogen) atoms. The minimum absolute atomic E-state index is 0.0431. The number of esters is 4. The van der Waals surface area contributed by atoms with Crippen LogP contribution in [0.1, 0.15) is 45.0 Å². The molecule has 4 aromatic rings. The molecule has 5 rings (SSSR count). The van der Waals surface area contributed by atoms with Crippen molar-refractivity contribution in [2.75, 3.05) is 6.61 Å². The molecule has 0 radical (unpaired) electrons. The number of nitro benzene ring substituents is 2. The molecule has 1 saturated heterocycles. The predicted octanol–water partition coefficient (Wildman–Crippen LogP) is 5.98. The first-order valence-corrected chi connectivity index (χ1v) is 18.2. The second kappa shape index (κ2) is 19.1. The van der Waals surface area contributed by atoms with Gasteiger partial charge in [-0.3, -0.25) is 44.0 Å². The fourth-order valence-electron chi connectivity index (χ4n) is 5.35. The second-order valence-electron chi connectivity index (χ2n) is 11.6. The summed E-state index contributed by atoms with van der Waals surface area (Å²) in [6.07, 6.45) is -6.30. The molecule has 3 aromatic carbocycles. The molecule has 1 aliphatic rings. The number of alkyl halides is 1. The Balaban J connectivity index is 0.000000506. The van der Waals surface area contributed by atoms with Crippen LogP contribution in [0.2, 0.25) is 0 Å². The monoisotopic (exact) mass is 830 g/mol. The molecule has 0 saturated carbocycles. The van der Waals surface area contributed by atoms with Crippen LogP contribution in [-0.2, 0) is 53.9 Å². The lowest BCUT2D eigenvalue weighted by Gasteiger charge is -2.45. The van der Waals surface area contributed by atoms with Crippen molar-refractivity contribution < 1.29 is 52.7 Å². The summed E-state index contributed by atoms with van der Waals surface area (Å²) in [7, 11) is 0. The molecule has 0 amide bonds. The van der Waals surface area contributed by atoms with Crippen LogP contribution in [0.4, 0.5) is 11.4 Å². The Hall–Kier alpha value is -5.40. The molecule has 17 nitrogen and oxygen atoms in total. The third-order valence-corrected chi connectivity index (χ3v) is 9.27. The number of carbonyl (C=O) groups excluding carboxylic acids is 4. The van der Waals surface area contributed by atoms with Gasteiger partial charge in [0, 0.05) is 63.0 Å². The summed E-state index contributed by atoms with van der Waals surface area (Å²) in [5.41, 5.74) is 3.05. The standard InChI is InChI=1S/C28H29N3O11S.C7H6BrNO2/c1-15(32)38-13-23-24(39-16(2)33)25(40-17(3)34)26(41-18(4)35)27(42-23)30-22-8-6-5-7-21(22)29-28(30)43-14-19-9-11-20(12-10-19)31(36)37;8-5-6-1-3-7(4-2-6)9(10)11/h5-12,23-27H,13-14H2,1-4H3;1-4H,5H2/t23?,24-,25+,26?,27-;/m1./s1. The number of benzene rings is 3. The third kappa shape index (κ3) is 11.1. The summed E-state index contributed by atoms with van der Waals surface area (Å²) in [5, 5.41) is 22.4. The van der Waals surface area contributed by atoms with Crippen molar-refractivity contribution in [1.82, 2.24) is 9.55 Å². The molecule has 0 aliphatic carbocycles. The lowest BCUT2D eigenvalue weighted by atomic mass is 9.97. The lowest BCUT2D eigenvalue weighted by Crippen LogP contribution is -2.60. The minimum atomic E-state index is -1.35. The predicted molar refractivity (Wildman–Crippen MR) is 195 cm³/mol. The van der Waals surface area contributed by atoms with Gasteiger partial charge in [-0.25, -0.2) is 4.98 Å². The van der Waals surface area contributed by atoms with Gasteiger partial charge >= 0.3 is 23.9 Å². The molecule has 1 aromatic heterocycles. The SMILES string of the molecule is CC(=O)OCC1O[C@@H](n2c(SCc3ccc([N+](=O)[O-])cc3)nc3ccccc32)C(OC(C)=O)[C@@H](OC(C)=O)[C@@H]1OC(C)=O.O=[N+]([O-])c1ccc(CBr)cc1. The minimum Gasteiger partial charge on any atom is -0.463 e. The maximum atomic E-state index is 12.3. The van der Waals surface area contributed by atoms with E-state index in [0.29, 0.717) is 21.9 Å². The van der Waals surface area contributed by atoms with Crippen LogP contribution >= 0.6 is 27.7 Å². The van der Waals surface area contributed by atoms with E-state index in [4.69, 9.17) is 28.7 Å². The van der Waals surface area contributed by atoms with E-state index in [1.165, 1.54) is 49.9 Å². The van der Waals surface area contributed by atoms with Crippen molar-refractivity contribution >= 4 is 74.0 Å². The summed E-state index contributed by atoms with van der Waals surface area (Å²) in [6, 6.07) is 19.6. The van der Waals surface area contributed by atoms with Crippen molar-refractivity contribution in [3.63, 3.8) is 0 Å². The van der Waals surface area contributed by atoms with Gasteiger partial charge in [-0.1, -0.05) is 64.1 Å². The number of rotatable bonds is 12. The van der Waals surface area contributed by atoms with Gasteiger partial charge in [0.25, 0.3) is 11.4 Å². The van der Waals surface area contributed by atoms with Crippen LogP contribution in [0.3, 0.4) is 0 Å². The van der Waals surface area contributed by atoms with Gasteiger partial charge in [0.15, 0.2) is 29.7 Å². The Morgan fingerprint density at radius 2 is 1.28 bits per heavy atom. The second-order valence-corrected chi connectivity index (χ2v) is 13.1. The highest BCUT2D eigenvalue weighted by molar-refractivity contribution is 9.08. The smallest absolute Gasteiger partial charge is 0.303 e. The van der Waals surface area contributed by atoms with Crippen molar-refractivity contribution in [2.24, 2.45) is 0 Å². The van der Waals surface area contributed by atoms with Gasteiger partial charge in [0.2, 0.25) is 0 Å². The zero-order valence-corrected chi connectivity index (χ0v) is 31.7. The Bertz CT molecular complexity index is 1990. The van der Waals surface area contributed by atoms with Crippen molar-refractivity contribution in [3.05, 3.63) is 104 Å². The highest BCUT2D eigenvalue weighted by atomic mass is 79.9. The number of non-ortho nitro benzene ring substituents is 2. The number of hydrogen-bond acceptors (Lipinski definition) is 15. The average Bonchev–Trinajstić information content (AvgIpc) is 3.49. The molecule has 2 heterocycles. The maximum absolute atomic E-state index is 12.3. The number of ether oxygens (including phenoxy) is 5. The Labute approximate surface area is 320 Å². The first-order valence-electron chi connectivity index (χ1n) is 16.1. The van der Waals surface area contributed by atoms with Gasteiger partial charge in [0.05, 0.1) is 20.9 Å². The summed E-state index contributed by atoms with van der Waals surface area (Å²) in [4.78, 5) is 73.5. The van der Waals surface area contributed by atoms with Crippen molar-refractivity contribution in [1.29, 1.82) is 0 Å². The zero-order valence-electron chi connectivity index (χ0n) is 29.3. The molecule has 5 atom stereocenters. The van der Waals surface area contributed by atoms with Crippen LogP contribution in [0.25, 0.3) is 11.0 Å². The fraction of sp³-hybridized carbons (Fsp3) is 0.343. The van der Waals surface area contributed by atoms with E-state index in [1.54, 1.807) is 53.1 Å². The van der Waals surface area contributed by atoms with E-state index in [-0.39, 0.29) is 18.0 Å². The van der Waals surface area contributed by atoms with Crippen molar-refractivity contribution in [2.45, 2.75) is 74.6 Å². The van der Waals surface area contributed by atoms with Gasteiger partial charge in [0.1, 0.15) is 12.7 Å². The molecule has 0 N–H and O–H groups in total. The van der Waals surface area contributed by atoms with Crippen LogP contribution in [0.15, 0.2) is 78.0 Å². The molecule has 286 valence electrons. The van der Waals surface area contributed by atoms with Gasteiger partial charge in [-0.2, -0.15) is 0 Å².